The quantitative estimate of drug-likeness (QED) is 0.616. The number of amidine groups is 1. The monoisotopic (exact) mass is 235 g/mol. The van der Waals surface area contributed by atoms with Crippen LogP contribution in [0.4, 0.5) is 5.95 Å². The molecule has 5 nitrogen and oxygen atoms in total. The highest BCUT2D eigenvalue weighted by Crippen LogP contribution is 2.25. The third-order valence-corrected chi connectivity index (χ3v) is 3.07. The van der Waals surface area contributed by atoms with Gasteiger partial charge in [0.2, 0.25) is 5.95 Å². The van der Waals surface area contributed by atoms with Crippen LogP contribution in [0, 0.1) is 10.8 Å². The summed E-state index contributed by atoms with van der Waals surface area (Å²) in [7, 11) is 1.95. The predicted molar refractivity (Wildman–Crippen MR) is 70.4 cm³/mol. The van der Waals surface area contributed by atoms with Crippen LogP contribution in [0.15, 0.2) is 12.3 Å². The maximum Gasteiger partial charge on any atom is 0.225 e. The zero-order valence-corrected chi connectivity index (χ0v) is 11.2. The number of aromatic nitrogens is 2. The molecule has 0 aromatic carbocycles. The molecule has 0 aliphatic heterocycles. The first-order valence-electron chi connectivity index (χ1n) is 5.63. The van der Waals surface area contributed by atoms with Crippen molar-refractivity contribution >= 4 is 11.8 Å². The van der Waals surface area contributed by atoms with Crippen molar-refractivity contribution in [2.24, 2.45) is 11.1 Å². The van der Waals surface area contributed by atoms with E-state index < -0.39 is 0 Å². The van der Waals surface area contributed by atoms with Gasteiger partial charge in [-0.2, -0.15) is 0 Å². The summed E-state index contributed by atoms with van der Waals surface area (Å²) in [6.45, 7) is 8.64. The van der Waals surface area contributed by atoms with E-state index in [1.165, 1.54) is 0 Å². The Hall–Kier alpha value is -1.65. The number of nitrogens with one attached hydrogen (secondary N) is 1. The fraction of sp³-hybridized carbons (Fsp3) is 0.583. The minimum absolute atomic E-state index is 0.0366. The average Bonchev–Trinajstić information content (AvgIpc) is 2.26. The molecule has 0 radical (unpaired) electrons. The number of nitrogens with zero attached hydrogens (tertiary/aromatic N) is 3. The topological polar surface area (TPSA) is 78.9 Å². The third-order valence-electron chi connectivity index (χ3n) is 3.07. The van der Waals surface area contributed by atoms with Crippen LogP contribution in [0.2, 0.25) is 0 Å². The molecular weight excluding hydrogens is 214 g/mol. The van der Waals surface area contributed by atoms with Crippen LogP contribution in [-0.2, 0) is 0 Å². The van der Waals surface area contributed by atoms with Crippen molar-refractivity contribution in [1.82, 2.24) is 9.97 Å². The largest absolute Gasteiger partial charge is 0.382 e. The van der Waals surface area contributed by atoms with E-state index in [-0.39, 0.29) is 17.3 Å². The molecule has 0 bridgehead atoms. The molecule has 0 amide bonds. The average molecular weight is 235 g/mol. The van der Waals surface area contributed by atoms with Gasteiger partial charge in [0.05, 0.1) is 0 Å². The smallest absolute Gasteiger partial charge is 0.225 e. The van der Waals surface area contributed by atoms with E-state index in [1.54, 1.807) is 12.3 Å². The van der Waals surface area contributed by atoms with Crippen molar-refractivity contribution in [2.75, 3.05) is 11.9 Å². The first-order valence-corrected chi connectivity index (χ1v) is 5.63. The Morgan fingerprint density at radius 2 is 2.06 bits per heavy atom. The van der Waals surface area contributed by atoms with Crippen LogP contribution in [0.5, 0.6) is 0 Å². The zero-order chi connectivity index (χ0) is 13.2. The lowest BCUT2D eigenvalue weighted by Gasteiger charge is -2.35. The van der Waals surface area contributed by atoms with Gasteiger partial charge in [-0.05, 0) is 18.4 Å². The highest BCUT2D eigenvalue weighted by Gasteiger charge is 2.25. The standard InChI is InChI=1S/C12H21N5/c1-8(12(2,3)4)17(5)11-15-7-6-9(16-11)10(13)14/h6-8H,1-5H3,(H3,13,14). The molecule has 1 atom stereocenters. The fourth-order valence-electron chi connectivity index (χ4n) is 1.42. The van der Waals surface area contributed by atoms with Crippen LogP contribution in [-0.4, -0.2) is 28.9 Å². The van der Waals surface area contributed by atoms with Gasteiger partial charge in [0.1, 0.15) is 11.5 Å². The number of rotatable bonds is 3. The molecule has 3 N–H and O–H groups in total. The summed E-state index contributed by atoms with van der Waals surface area (Å²) < 4.78 is 0. The van der Waals surface area contributed by atoms with Crippen molar-refractivity contribution in [3.8, 4) is 0 Å². The second-order valence-corrected chi connectivity index (χ2v) is 5.31. The Kier molecular flexibility index (Phi) is 3.70. The van der Waals surface area contributed by atoms with E-state index in [1.807, 2.05) is 11.9 Å². The summed E-state index contributed by atoms with van der Waals surface area (Å²) in [6, 6.07) is 1.92. The molecule has 1 aromatic heterocycles. The lowest BCUT2D eigenvalue weighted by Crippen LogP contribution is -2.40. The van der Waals surface area contributed by atoms with Gasteiger partial charge in [-0.1, -0.05) is 20.8 Å². The molecule has 0 saturated heterocycles. The van der Waals surface area contributed by atoms with Crippen LogP contribution in [0.25, 0.3) is 0 Å². The molecule has 0 aliphatic carbocycles. The second kappa shape index (κ2) is 4.69. The van der Waals surface area contributed by atoms with Crippen molar-refractivity contribution in [3.63, 3.8) is 0 Å². The SMILES string of the molecule is CC(N(C)c1nccc(C(=N)N)n1)C(C)(C)C. The Morgan fingerprint density at radius 3 is 2.53 bits per heavy atom. The van der Waals surface area contributed by atoms with Crippen LogP contribution in [0.1, 0.15) is 33.4 Å². The maximum absolute atomic E-state index is 7.37. The van der Waals surface area contributed by atoms with E-state index in [9.17, 15) is 0 Å². The lowest BCUT2D eigenvalue weighted by atomic mass is 9.87. The molecule has 1 unspecified atom stereocenters. The number of nitrogen functional groups attached to an aromatic ring is 1. The first kappa shape index (κ1) is 13.4. The first-order chi connectivity index (χ1) is 7.73. The summed E-state index contributed by atoms with van der Waals surface area (Å²) in [5.74, 6) is 0.561. The number of nitrogens with two attached hydrogens (primary N) is 1. The van der Waals surface area contributed by atoms with E-state index in [0.717, 1.165) is 0 Å². The molecule has 17 heavy (non-hydrogen) atoms. The molecule has 0 aliphatic rings. The van der Waals surface area contributed by atoms with Crippen molar-refractivity contribution < 1.29 is 0 Å². The van der Waals surface area contributed by atoms with Gasteiger partial charge in [-0.15, -0.1) is 0 Å². The summed E-state index contributed by atoms with van der Waals surface area (Å²) in [4.78, 5) is 10.5. The van der Waals surface area contributed by atoms with Crippen LogP contribution >= 0.6 is 0 Å². The highest BCUT2D eigenvalue weighted by molar-refractivity contribution is 5.93. The Bertz CT molecular complexity index is 408. The number of hydrogen-bond donors (Lipinski definition) is 2. The minimum Gasteiger partial charge on any atom is -0.382 e. The fourth-order valence-corrected chi connectivity index (χ4v) is 1.42. The number of anilines is 1. The van der Waals surface area contributed by atoms with E-state index in [0.29, 0.717) is 11.6 Å². The maximum atomic E-state index is 7.37. The molecule has 0 fully saturated rings. The highest BCUT2D eigenvalue weighted by atomic mass is 15.3. The molecule has 94 valence electrons. The Labute approximate surface area is 103 Å². The van der Waals surface area contributed by atoms with Gasteiger partial charge in [0, 0.05) is 19.3 Å². The van der Waals surface area contributed by atoms with Crippen molar-refractivity contribution in [2.45, 2.75) is 33.7 Å². The predicted octanol–water partition coefficient (Wildman–Crippen LogP) is 1.63. The van der Waals surface area contributed by atoms with Crippen molar-refractivity contribution in [1.29, 1.82) is 5.41 Å². The molecular formula is C12H21N5. The van der Waals surface area contributed by atoms with E-state index in [2.05, 4.69) is 37.7 Å². The minimum atomic E-state index is -0.0366. The molecule has 1 rings (SSSR count). The molecule has 5 heteroatoms. The van der Waals surface area contributed by atoms with Gasteiger partial charge >= 0.3 is 0 Å². The van der Waals surface area contributed by atoms with Gasteiger partial charge in [0.25, 0.3) is 0 Å². The lowest BCUT2D eigenvalue weighted by molar-refractivity contribution is 0.327. The zero-order valence-electron chi connectivity index (χ0n) is 11.2. The molecule has 0 spiro atoms. The Morgan fingerprint density at radius 1 is 1.47 bits per heavy atom. The van der Waals surface area contributed by atoms with Crippen molar-refractivity contribution in [3.05, 3.63) is 18.0 Å². The van der Waals surface area contributed by atoms with E-state index in [4.69, 9.17) is 11.1 Å². The van der Waals surface area contributed by atoms with E-state index >= 15 is 0 Å². The number of hydrogen-bond acceptors (Lipinski definition) is 4. The van der Waals surface area contributed by atoms with Gasteiger partial charge in [-0.3, -0.25) is 5.41 Å². The van der Waals surface area contributed by atoms with Gasteiger partial charge in [-0.25, -0.2) is 9.97 Å². The summed E-state index contributed by atoms with van der Waals surface area (Å²) in [5, 5.41) is 7.37. The molecule has 0 saturated carbocycles. The summed E-state index contributed by atoms with van der Waals surface area (Å²) in [5.41, 5.74) is 6.01. The third kappa shape index (κ3) is 3.15. The second-order valence-electron chi connectivity index (χ2n) is 5.31. The van der Waals surface area contributed by atoms with Gasteiger partial charge in [0.15, 0.2) is 0 Å². The Balaban J connectivity index is 3.00. The molecule has 1 aromatic rings. The normalized spacial score (nSPS) is 13.2. The summed E-state index contributed by atoms with van der Waals surface area (Å²) >= 11 is 0. The summed E-state index contributed by atoms with van der Waals surface area (Å²) in [6.07, 6.45) is 1.63. The van der Waals surface area contributed by atoms with Gasteiger partial charge < -0.3 is 10.6 Å². The van der Waals surface area contributed by atoms with Crippen LogP contribution < -0.4 is 10.6 Å². The van der Waals surface area contributed by atoms with Crippen LogP contribution in [0.3, 0.4) is 0 Å². The molecule has 1 heterocycles.